The van der Waals surface area contributed by atoms with Crippen molar-refractivity contribution in [2.24, 2.45) is 5.41 Å². The fourth-order valence-electron chi connectivity index (χ4n) is 2.00. The van der Waals surface area contributed by atoms with Crippen molar-refractivity contribution in [1.29, 1.82) is 0 Å². The first-order chi connectivity index (χ1) is 9.36. The summed E-state index contributed by atoms with van der Waals surface area (Å²) in [6.45, 7) is 5.48. The quantitative estimate of drug-likeness (QED) is 0.663. The summed E-state index contributed by atoms with van der Waals surface area (Å²) in [5.41, 5.74) is -0.742. The number of carbonyl (C=O) groups is 3. The van der Waals surface area contributed by atoms with Crippen LogP contribution in [0.1, 0.15) is 20.3 Å². The molecular formula is C13H23N3O4. The molecule has 1 saturated heterocycles. The number of nitrogens with one attached hydrogen (secondary N) is 2. The van der Waals surface area contributed by atoms with E-state index in [4.69, 9.17) is 4.74 Å². The van der Waals surface area contributed by atoms with Crippen molar-refractivity contribution in [3.8, 4) is 0 Å². The van der Waals surface area contributed by atoms with Crippen molar-refractivity contribution in [2.45, 2.75) is 20.3 Å². The molecule has 7 nitrogen and oxygen atoms in total. The average Bonchev–Trinajstić information content (AvgIpc) is 2.39. The van der Waals surface area contributed by atoms with E-state index in [0.717, 1.165) is 0 Å². The Labute approximate surface area is 119 Å². The minimum absolute atomic E-state index is 0.0591. The molecule has 0 spiro atoms. The van der Waals surface area contributed by atoms with Crippen LogP contribution in [0.2, 0.25) is 0 Å². The van der Waals surface area contributed by atoms with Crippen molar-refractivity contribution < 1.29 is 19.1 Å². The van der Waals surface area contributed by atoms with Crippen LogP contribution in [-0.4, -0.2) is 62.5 Å². The van der Waals surface area contributed by atoms with Crippen LogP contribution >= 0.6 is 0 Å². The fourth-order valence-corrected chi connectivity index (χ4v) is 2.00. The Morgan fingerprint density at radius 3 is 2.70 bits per heavy atom. The van der Waals surface area contributed by atoms with Gasteiger partial charge in [0.2, 0.25) is 17.7 Å². The summed E-state index contributed by atoms with van der Waals surface area (Å²) >= 11 is 0. The van der Waals surface area contributed by atoms with E-state index in [9.17, 15) is 14.4 Å². The number of hydrogen-bond acceptors (Lipinski definition) is 4. The van der Waals surface area contributed by atoms with Gasteiger partial charge in [-0.25, -0.2) is 0 Å². The van der Waals surface area contributed by atoms with Crippen molar-refractivity contribution in [2.75, 3.05) is 39.9 Å². The van der Waals surface area contributed by atoms with Gasteiger partial charge in [-0.1, -0.05) is 13.8 Å². The monoisotopic (exact) mass is 285 g/mol. The average molecular weight is 285 g/mol. The Bertz CT molecular complexity index is 382. The molecule has 7 heteroatoms. The highest BCUT2D eigenvalue weighted by Gasteiger charge is 2.29. The summed E-state index contributed by atoms with van der Waals surface area (Å²) in [5, 5.41) is 5.27. The van der Waals surface area contributed by atoms with Crippen molar-refractivity contribution in [3.63, 3.8) is 0 Å². The number of hydrogen-bond donors (Lipinski definition) is 2. The molecule has 20 heavy (non-hydrogen) atoms. The molecule has 0 aromatic carbocycles. The van der Waals surface area contributed by atoms with Crippen LogP contribution in [0.15, 0.2) is 0 Å². The van der Waals surface area contributed by atoms with Gasteiger partial charge in [0.05, 0.1) is 12.0 Å². The minimum atomic E-state index is -0.742. The third-order valence-electron chi connectivity index (χ3n) is 3.23. The molecule has 1 aliphatic heterocycles. The Morgan fingerprint density at radius 2 is 2.10 bits per heavy atom. The molecule has 3 amide bonds. The Hall–Kier alpha value is -1.63. The van der Waals surface area contributed by atoms with Crippen LogP contribution in [-0.2, 0) is 19.1 Å². The zero-order valence-electron chi connectivity index (χ0n) is 12.3. The molecule has 114 valence electrons. The molecule has 0 saturated carbocycles. The molecule has 0 aromatic rings. The lowest BCUT2D eigenvalue weighted by atomic mass is 9.88. The fraction of sp³-hybridized carbons (Fsp3) is 0.769. The number of carbonyl (C=O) groups excluding carboxylic acids is 3. The maximum absolute atomic E-state index is 11.8. The summed E-state index contributed by atoms with van der Waals surface area (Å²) in [7, 11) is 1.55. The normalized spacial score (nSPS) is 15.9. The van der Waals surface area contributed by atoms with Crippen LogP contribution in [0.3, 0.4) is 0 Å². The van der Waals surface area contributed by atoms with Gasteiger partial charge in [0, 0.05) is 33.1 Å². The zero-order chi connectivity index (χ0) is 15.2. The molecule has 0 aliphatic carbocycles. The van der Waals surface area contributed by atoms with Gasteiger partial charge in [0.25, 0.3) is 0 Å². The van der Waals surface area contributed by atoms with Gasteiger partial charge in [0.15, 0.2) is 0 Å². The number of nitrogens with zero attached hydrogens (tertiary/aromatic N) is 1. The van der Waals surface area contributed by atoms with E-state index in [1.54, 1.807) is 25.8 Å². The van der Waals surface area contributed by atoms with Gasteiger partial charge in [0.1, 0.15) is 6.61 Å². The highest BCUT2D eigenvalue weighted by molar-refractivity contribution is 5.88. The summed E-state index contributed by atoms with van der Waals surface area (Å²) < 4.78 is 5.02. The summed E-state index contributed by atoms with van der Waals surface area (Å²) in [6.07, 6.45) is 0.115. The topological polar surface area (TPSA) is 87.7 Å². The van der Waals surface area contributed by atoms with Gasteiger partial charge in [-0.2, -0.15) is 0 Å². The third kappa shape index (κ3) is 4.80. The second-order valence-corrected chi connectivity index (χ2v) is 5.42. The van der Waals surface area contributed by atoms with Crippen LogP contribution in [0.25, 0.3) is 0 Å². The van der Waals surface area contributed by atoms with Crippen molar-refractivity contribution >= 4 is 17.7 Å². The second-order valence-electron chi connectivity index (χ2n) is 5.42. The third-order valence-corrected chi connectivity index (χ3v) is 3.23. The molecule has 1 fully saturated rings. The largest absolute Gasteiger partial charge is 0.370 e. The highest BCUT2D eigenvalue weighted by Crippen LogP contribution is 2.19. The van der Waals surface area contributed by atoms with Crippen LogP contribution in [0.4, 0.5) is 0 Å². The number of rotatable bonds is 6. The summed E-state index contributed by atoms with van der Waals surface area (Å²) in [4.78, 5) is 36.5. The highest BCUT2D eigenvalue weighted by atomic mass is 16.5. The zero-order valence-corrected chi connectivity index (χ0v) is 12.3. The Kier molecular flexibility index (Phi) is 5.94. The smallest absolute Gasteiger partial charge is 0.248 e. The summed E-state index contributed by atoms with van der Waals surface area (Å²) in [5.74, 6) is -0.425. The molecule has 0 bridgehead atoms. The lowest BCUT2D eigenvalue weighted by molar-refractivity contribution is -0.142. The molecule has 2 N–H and O–H groups in total. The Balaban J connectivity index is 2.29. The number of morpholine rings is 1. The second kappa shape index (κ2) is 7.23. The van der Waals surface area contributed by atoms with Gasteiger partial charge in [-0.3, -0.25) is 14.4 Å². The molecular weight excluding hydrogens is 262 g/mol. The van der Waals surface area contributed by atoms with Crippen LogP contribution < -0.4 is 10.6 Å². The van der Waals surface area contributed by atoms with Gasteiger partial charge >= 0.3 is 0 Å². The molecule has 1 aliphatic rings. The maximum Gasteiger partial charge on any atom is 0.248 e. The van der Waals surface area contributed by atoms with E-state index in [1.807, 2.05) is 0 Å². The van der Waals surface area contributed by atoms with E-state index in [1.165, 1.54) is 0 Å². The van der Waals surface area contributed by atoms with Gasteiger partial charge in [-0.05, 0) is 0 Å². The van der Waals surface area contributed by atoms with E-state index < -0.39 is 5.41 Å². The van der Waals surface area contributed by atoms with Gasteiger partial charge < -0.3 is 20.3 Å². The first-order valence-electron chi connectivity index (χ1n) is 6.71. The molecule has 0 aromatic heterocycles. The van der Waals surface area contributed by atoms with Gasteiger partial charge in [-0.15, -0.1) is 0 Å². The first-order valence-corrected chi connectivity index (χ1v) is 6.71. The van der Waals surface area contributed by atoms with Crippen molar-refractivity contribution in [1.82, 2.24) is 15.5 Å². The van der Waals surface area contributed by atoms with Crippen LogP contribution in [0.5, 0.6) is 0 Å². The van der Waals surface area contributed by atoms with E-state index in [-0.39, 0.29) is 30.7 Å². The maximum atomic E-state index is 11.8. The van der Waals surface area contributed by atoms with E-state index in [2.05, 4.69) is 10.6 Å². The Morgan fingerprint density at radius 1 is 1.40 bits per heavy atom. The number of ether oxygens (including phenoxy) is 1. The summed E-state index contributed by atoms with van der Waals surface area (Å²) in [6, 6.07) is 0. The predicted octanol–water partition coefficient (Wildman–Crippen LogP) is -0.876. The van der Waals surface area contributed by atoms with Crippen LogP contribution in [0, 0.1) is 5.41 Å². The lowest BCUT2D eigenvalue weighted by Crippen LogP contribution is -2.46. The molecule has 1 heterocycles. The van der Waals surface area contributed by atoms with E-state index >= 15 is 0 Å². The first kappa shape index (κ1) is 16.4. The molecule has 0 atom stereocenters. The predicted molar refractivity (Wildman–Crippen MR) is 72.9 cm³/mol. The number of amides is 3. The molecule has 0 radical (unpaired) electrons. The van der Waals surface area contributed by atoms with E-state index in [0.29, 0.717) is 26.2 Å². The molecule has 1 rings (SSSR count). The SMILES string of the molecule is CNC(=O)C(C)(C)CC(=O)NCCN1CCOCC1=O. The lowest BCUT2D eigenvalue weighted by Gasteiger charge is -2.27. The molecule has 0 unspecified atom stereocenters. The van der Waals surface area contributed by atoms with Crippen molar-refractivity contribution in [3.05, 3.63) is 0 Å². The minimum Gasteiger partial charge on any atom is -0.370 e. The standard InChI is InChI=1S/C13H23N3O4/c1-13(2,12(19)14-3)8-10(17)15-4-5-16-6-7-20-9-11(16)18/h4-9H2,1-3H3,(H,14,19)(H,15,17).